The zero-order valence-corrected chi connectivity index (χ0v) is 16.8. The number of carbonyl (C=O) groups excluding carboxylic acids is 2. The van der Waals surface area contributed by atoms with Crippen LogP contribution < -0.4 is 10.1 Å². The van der Waals surface area contributed by atoms with Gasteiger partial charge in [0.15, 0.2) is 0 Å². The van der Waals surface area contributed by atoms with E-state index >= 15 is 0 Å². The second-order valence-electron chi connectivity index (χ2n) is 7.69. The molecule has 0 spiro atoms. The third-order valence-electron chi connectivity index (χ3n) is 5.39. The van der Waals surface area contributed by atoms with E-state index in [9.17, 15) is 9.59 Å². The molecule has 1 aliphatic rings. The number of amides is 2. The van der Waals surface area contributed by atoms with Crippen LogP contribution in [0.1, 0.15) is 30.5 Å². The minimum absolute atomic E-state index is 0.128. The normalized spacial score (nSPS) is 13.6. The molecule has 0 saturated carbocycles. The van der Waals surface area contributed by atoms with Gasteiger partial charge >= 0.3 is 0 Å². The van der Waals surface area contributed by atoms with Crippen molar-refractivity contribution in [1.82, 2.24) is 10.2 Å². The standard InChI is InChI=1S/C23H28N2O3/c1-23(2,21(26)24-14-12-18-9-6-7-11-20(18)28-3)22(27)25-15-13-17-8-4-5-10-19(17)16-25/h4-11H,12-16H2,1-3H3,(H,24,26). The summed E-state index contributed by atoms with van der Waals surface area (Å²) in [5.41, 5.74) is 2.37. The number of ether oxygens (including phenoxy) is 1. The SMILES string of the molecule is COc1ccccc1CCNC(=O)C(C)(C)C(=O)N1CCc2ccccc2C1. The number of benzene rings is 2. The Balaban J connectivity index is 1.59. The average Bonchev–Trinajstić information content (AvgIpc) is 2.73. The molecule has 2 aromatic rings. The third-order valence-corrected chi connectivity index (χ3v) is 5.39. The van der Waals surface area contributed by atoms with Gasteiger partial charge in [0.2, 0.25) is 11.8 Å². The highest BCUT2D eigenvalue weighted by molar-refractivity contribution is 6.04. The number of methoxy groups -OCH3 is 1. The maximum atomic E-state index is 13.0. The number of hydrogen-bond acceptors (Lipinski definition) is 3. The Morgan fingerprint density at radius 2 is 1.75 bits per heavy atom. The summed E-state index contributed by atoms with van der Waals surface area (Å²) >= 11 is 0. The summed E-state index contributed by atoms with van der Waals surface area (Å²) in [4.78, 5) is 27.6. The summed E-state index contributed by atoms with van der Waals surface area (Å²) in [6, 6.07) is 15.9. The molecular formula is C23H28N2O3. The first-order valence-electron chi connectivity index (χ1n) is 9.70. The topological polar surface area (TPSA) is 58.6 Å². The Morgan fingerprint density at radius 1 is 1.07 bits per heavy atom. The monoisotopic (exact) mass is 380 g/mol. The van der Waals surface area contributed by atoms with Crippen molar-refractivity contribution in [3.8, 4) is 5.75 Å². The summed E-state index contributed by atoms with van der Waals surface area (Å²) in [6.45, 7) is 5.07. The van der Waals surface area contributed by atoms with E-state index in [0.717, 1.165) is 23.3 Å². The van der Waals surface area contributed by atoms with Gasteiger partial charge in [-0.25, -0.2) is 0 Å². The van der Waals surface area contributed by atoms with E-state index in [1.165, 1.54) is 5.56 Å². The molecule has 5 nitrogen and oxygen atoms in total. The molecule has 1 N–H and O–H groups in total. The molecule has 0 bridgehead atoms. The number of nitrogens with one attached hydrogen (secondary N) is 1. The summed E-state index contributed by atoms with van der Waals surface area (Å²) in [7, 11) is 1.63. The van der Waals surface area contributed by atoms with E-state index in [2.05, 4.69) is 17.4 Å². The molecule has 0 aromatic heterocycles. The van der Waals surface area contributed by atoms with Crippen LogP contribution in [0.15, 0.2) is 48.5 Å². The highest BCUT2D eigenvalue weighted by Gasteiger charge is 2.39. The van der Waals surface area contributed by atoms with Crippen molar-refractivity contribution in [3.63, 3.8) is 0 Å². The molecule has 0 fully saturated rings. The third kappa shape index (κ3) is 4.19. The maximum Gasteiger partial charge on any atom is 0.238 e. The van der Waals surface area contributed by atoms with Gasteiger partial charge in [-0.15, -0.1) is 0 Å². The van der Waals surface area contributed by atoms with Crippen LogP contribution >= 0.6 is 0 Å². The second kappa shape index (κ2) is 8.46. The van der Waals surface area contributed by atoms with Gasteiger partial charge in [-0.1, -0.05) is 42.5 Å². The number of para-hydroxylation sites is 1. The molecule has 28 heavy (non-hydrogen) atoms. The molecule has 0 saturated heterocycles. The lowest BCUT2D eigenvalue weighted by atomic mass is 9.88. The van der Waals surface area contributed by atoms with Crippen LogP contribution in [-0.2, 0) is 29.0 Å². The van der Waals surface area contributed by atoms with Crippen LogP contribution in [-0.4, -0.2) is 36.9 Å². The van der Waals surface area contributed by atoms with Crippen LogP contribution in [0.2, 0.25) is 0 Å². The summed E-state index contributed by atoms with van der Waals surface area (Å²) in [5, 5.41) is 2.92. The van der Waals surface area contributed by atoms with Crippen molar-refractivity contribution in [1.29, 1.82) is 0 Å². The van der Waals surface area contributed by atoms with Crippen molar-refractivity contribution < 1.29 is 14.3 Å². The first-order valence-corrected chi connectivity index (χ1v) is 9.70. The van der Waals surface area contributed by atoms with Crippen LogP contribution in [0.4, 0.5) is 0 Å². The van der Waals surface area contributed by atoms with Gasteiger partial charge < -0.3 is 15.0 Å². The Bertz CT molecular complexity index is 860. The molecule has 5 heteroatoms. The van der Waals surface area contributed by atoms with Gasteiger partial charge in [0.25, 0.3) is 0 Å². The van der Waals surface area contributed by atoms with Crippen LogP contribution in [0, 0.1) is 5.41 Å². The maximum absolute atomic E-state index is 13.0. The van der Waals surface area contributed by atoms with Crippen LogP contribution in [0.3, 0.4) is 0 Å². The predicted molar refractivity (Wildman–Crippen MR) is 109 cm³/mol. The van der Waals surface area contributed by atoms with Gasteiger partial charge in [0, 0.05) is 19.6 Å². The first-order chi connectivity index (χ1) is 13.4. The van der Waals surface area contributed by atoms with E-state index in [0.29, 0.717) is 26.1 Å². The fraction of sp³-hybridized carbons (Fsp3) is 0.391. The zero-order chi connectivity index (χ0) is 20.1. The first kappa shape index (κ1) is 19.9. The predicted octanol–water partition coefficient (Wildman–Crippen LogP) is 2.97. The van der Waals surface area contributed by atoms with Crippen LogP contribution in [0.5, 0.6) is 5.75 Å². The Labute approximate surface area is 166 Å². The van der Waals surface area contributed by atoms with Crippen molar-refractivity contribution in [2.45, 2.75) is 33.2 Å². The van der Waals surface area contributed by atoms with Gasteiger partial charge in [-0.2, -0.15) is 0 Å². The van der Waals surface area contributed by atoms with Gasteiger partial charge in [0.1, 0.15) is 11.2 Å². The molecule has 0 radical (unpaired) electrons. The smallest absolute Gasteiger partial charge is 0.238 e. The van der Waals surface area contributed by atoms with Crippen molar-refractivity contribution in [2.24, 2.45) is 5.41 Å². The van der Waals surface area contributed by atoms with E-state index in [1.54, 1.807) is 25.9 Å². The molecule has 3 rings (SSSR count). The van der Waals surface area contributed by atoms with Crippen molar-refractivity contribution >= 4 is 11.8 Å². The Kier molecular flexibility index (Phi) is 6.02. The van der Waals surface area contributed by atoms with Crippen molar-refractivity contribution in [3.05, 3.63) is 65.2 Å². The quantitative estimate of drug-likeness (QED) is 0.784. The number of fused-ring (bicyclic) bond motifs is 1. The molecule has 0 unspecified atom stereocenters. The van der Waals surface area contributed by atoms with E-state index < -0.39 is 5.41 Å². The molecule has 1 heterocycles. The average molecular weight is 380 g/mol. The molecule has 1 aliphatic heterocycles. The number of rotatable bonds is 6. The number of nitrogens with zero attached hydrogens (tertiary/aromatic N) is 1. The van der Waals surface area contributed by atoms with E-state index in [4.69, 9.17) is 4.74 Å². The number of carbonyl (C=O) groups is 2. The van der Waals surface area contributed by atoms with Gasteiger partial charge in [-0.05, 0) is 49.4 Å². The molecule has 0 aliphatic carbocycles. The summed E-state index contributed by atoms with van der Waals surface area (Å²) in [5.74, 6) is 0.433. The number of hydrogen-bond donors (Lipinski definition) is 1. The lowest BCUT2D eigenvalue weighted by Gasteiger charge is -2.34. The highest BCUT2D eigenvalue weighted by Crippen LogP contribution is 2.25. The Hall–Kier alpha value is -2.82. The molecule has 0 atom stereocenters. The van der Waals surface area contributed by atoms with Crippen molar-refractivity contribution in [2.75, 3.05) is 20.2 Å². The molecule has 148 valence electrons. The highest BCUT2D eigenvalue weighted by atomic mass is 16.5. The lowest BCUT2D eigenvalue weighted by molar-refractivity contribution is -0.149. The van der Waals surface area contributed by atoms with E-state index in [1.807, 2.05) is 36.4 Å². The molecule has 2 aromatic carbocycles. The minimum Gasteiger partial charge on any atom is -0.496 e. The zero-order valence-electron chi connectivity index (χ0n) is 16.8. The largest absolute Gasteiger partial charge is 0.496 e. The van der Waals surface area contributed by atoms with Gasteiger partial charge in [0.05, 0.1) is 7.11 Å². The second-order valence-corrected chi connectivity index (χ2v) is 7.69. The fourth-order valence-corrected chi connectivity index (χ4v) is 3.60. The summed E-state index contributed by atoms with van der Waals surface area (Å²) < 4.78 is 5.34. The minimum atomic E-state index is -1.10. The molecule has 2 amide bonds. The molecular weight excluding hydrogens is 352 g/mol. The van der Waals surface area contributed by atoms with E-state index in [-0.39, 0.29) is 11.8 Å². The lowest BCUT2D eigenvalue weighted by Crippen LogP contribution is -2.51. The summed E-state index contributed by atoms with van der Waals surface area (Å²) in [6.07, 6.45) is 1.48. The Morgan fingerprint density at radius 3 is 2.50 bits per heavy atom. The fourth-order valence-electron chi connectivity index (χ4n) is 3.60. The van der Waals surface area contributed by atoms with Gasteiger partial charge in [-0.3, -0.25) is 9.59 Å². The van der Waals surface area contributed by atoms with Crippen LogP contribution in [0.25, 0.3) is 0 Å².